The van der Waals surface area contributed by atoms with Gasteiger partial charge in [-0.3, -0.25) is 0 Å². The van der Waals surface area contributed by atoms with Crippen molar-refractivity contribution < 1.29 is 13.6 Å². The maximum absolute atomic E-state index is 16.1. The third-order valence-electron chi connectivity index (χ3n) is 6.04. The summed E-state index contributed by atoms with van der Waals surface area (Å²) in [5.41, 5.74) is 4.99. The lowest BCUT2D eigenvalue weighted by atomic mass is 9.37. The third kappa shape index (κ3) is 2.86. The van der Waals surface area contributed by atoms with Gasteiger partial charge >= 0.3 is 6.03 Å². The molecule has 0 radical (unpaired) electrons. The molecule has 3 atom stereocenters. The number of alkyl halides is 1. The summed E-state index contributed by atoms with van der Waals surface area (Å²) in [5, 5.41) is 2.79. The van der Waals surface area contributed by atoms with Gasteiger partial charge in [0.1, 0.15) is 22.2 Å². The van der Waals surface area contributed by atoms with Crippen LogP contribution in [0.15, 0.2) is 60.7 Å². The van der Waals surface area contributed by atoms with Crippen molar-refractivity contribution in [1.82, 2.24) is 5.32 Å². The van der Waals surface area contributed by atoms with Crippen LogP contribution in [0.5, 0.6) is 0 Å². The van der Waals surface area contributed by atoms with Crippen LogP contribution in [-0.4, -0.2) is 34.8 Å². The van der Waals surface area contributed by atoms with Crippen molar-refractivity contribution in [2.75, 3.05) is 6.61 Å². The van der Waals surface area contributed by atoms with Crippen molar-refractivity contribution >= 4 is 16.5 Å². The SMILES string of the molecule is CC(C)(C)C1C(F)C(CO[SiH3])(NC(N)=O)C1(c1ccccc1)c1ccccc1. The summed E-state index contributed by atoms with van der Waals surface area (Å²) in [7, 11) is 0.428. The van der Waals surface area contributed by atoms with Crippen molar-refractivity contribution in [3.63, 3.8) is 0 Å². The number of nitrogens with one attached hydrogen (secondary N) is 1. The molecule has 0 spiro atoms. The molecule has 6 heteroatoms. The number of halogens is 1. The summed E-state index contributed by atoms with van der Waals surface area (Å²) in [6, 6.07) is 18.9. The standard InChI is InChI=1S/C22H29FN2O2Si/c1-20(2,3)17-18(23)21(14-27-28,25-19(24)26)22(17,15-10-6-4-7-11-15)16-12-8-5-9-13-16/h4-13,17-18H,14H2,1-3,28H3,(H3,24,25,26). The van der Waals surface area contributed by atoms with Crippen LogP contribution in [0.25, 0.3) is 0 Å². The smallest absolute Gasteiger partial charge is 0.312 e. The molecule has 2 aromatic rings. The summed E-state index contributed by atoms with van der Waals surface area (Å²) in [6.07, 6.45) is -1.31. The topological polar surface area (TPSA) is 64.3 Å². The van der Waals surface area contributed by atoms with Gasteiger partial charge in [-0.2, -0.15) is 0 Å². The Morgan fingerprint density at radius 1 is 1.11 bits per heavy atom. The molecule has 0 bridgehead atoms. The average Bonchev–Trinajstić information content (AvgIpc) is 2.65. The number of hydrogen-bond donors (Lipinski definition) is 2. The number of urea groups is 1. The second-order valence-electron chi connectivity index (χ2n) is 8.68. The zero-order valence-electron chi connectivity index (χ0n) is 16.9. The number of carbonyl (C=O) groups is 1. The van der Waals surface area contributed by atoms with E-state index in [0.717, 1.165) is 11.1 Å². The minimum Gasteiger partial charge on any atom is -0.425 e. The molecular formula is C22H29FN2O2Si. The maximum Gasteiger partial charge on any atom is 0.312 e. The van der Waals surface area contributed by atoms with Crippen LogP contribution in [0.2, 0.25) is 0 Å². The predicted octanol–water partition coefficient (Wildman–Crippen LogP) is 2.69. The Morgan fingerprint density at radius 3 is 1.93 bits per heavy atom. The van der Waals surface area contributed by atoms with Crippen LogP contribution >= 0.6 is 0 Å². The molecule has 0 heterocycles. The fourth-order valence-corrected chi connectivity index (χ4v) is 5.73. The van der Waals surface area contributed by atoms with Gasteiger partial charge in [-0.05, 0) is 16.5 Å². The zero-order valence-corrected chi connectivity index (χ0v) is 18.9. The molecule has 1 aliphatic rings. The van der Waals surface area contributed by atoms with E-state index < -0.39 is 23.2 Å². The van der Waals surface area contributed by atoms with E-state index in [2.05, 4.69) is 5.32 Å². The van der Waals surface area contributed by atoms with Crippen LogP contribution in [-0.2, 0) is 9.84 Å². The normalized spacial score (nSPS) is 26.4. The van der Waals surface area contributed by atoms with Crippen molar-refractivity contribution in [3.8, 4) is 0 Å². The van der Waals surface area contributed by atoms with Crippen molar-refractivity contribution in [3.05, 3.63) is 71.8 Å². The zero-order chi connectivity index (χ0) is 20.6. The second kappa shape index (κ2) is 7.33. The Hall–Kier alpha value is -2.18. The van der Waals surface area contributed by atoms with Gasteiger partial charge in [0.2, 0.25) is 0 Å². The van der Waals surface area contributed by atoms with E-state index in [0.29, 0.717) is 10.5 Å². The number of nitrogens with two attached hydrogens (primary N) is 1. The summed E-state index contributed by atoms with van der Waals surface area (Å²) in [6.45, 7) is 6.20. The summed E-state index contributed by atoms with van der Waals surface area (Å²) < 4.78 is 21.7. The molecule has 4 nitrogen and oxygen atoms in total. The van der Waals surface area contributed by atoms with Gasteiger partial charge in [-0.25, -0.2) is 9.18 Å². The highest BCUT2D eigenvalue weighted by molar-refractivity contribution is 5.98. The van der Waals surface area contributed by atoms with Gasteiger partial charge in [0.15, 0.2) is 0 Å². The van der Waals surface area contributed by atoms with E-state index in [9.17, 15) is 4.79 Å². The van der Waals surface area contributed by atoms with Gasteiger partial charge in [0.05, 0.1) is 12.0 Å². The highest BCUT2D eigenvalue weighted by atomic mass is 28.2. The third-order valence-corrected chi connectivity index (χ3v) is 6.33. The number of rotatable bonds is 5. The molecule has 150 valence electrons. The van der Waals surface area contributed by atoms with Crippen molar-refractivity contribution in [2.24, 2.45) is 17.1 Å². The number of benzene rings is 2. The lowest BCUT2D eigenvalue weighted by Crippen LogP contribution is -2.85. The van der Waals surface area contributed by atoms with Gasteiger partial charge in [-0.15, -0.1) is 0 Å². The fraction of sp³-hybridized carbons (Fsp3) is 0.409. The first-order chi connectivity index (χ1) is 13.2. The highest BCUT2D eigenvalue weighted by Gasteiger charge is 2.76. The fourth-order valence-electron chi connectivity index (χ4n) is 5.28. The van der Waals surface area contributed by atoms with E-state index in [1.807, 2.05) is 81.4 Å². The molecule has 2 aromatic carbocycles. The molecule has 3 unspecified atom stereocenters. The number of hydrogen-bond acceptors (Lipinski definition) is 2. The monoisotopic (exact) mass is 400 g/mol. The minimum absolute atomic E-state index is 0.0691. The Labute approximate surface area is 169 Å². The van der Waals surface area contributed by atoms with E-state index in [1.54, 1.807) is 0 Å². The molecule has 3 N–H and O–H groups in total. The largest absolute Gasteiger partial charge is 0.425 e. The Kier molecular flexibility index (Phi) is 5.38. The quantitative estimate of drug-likeness (QED) is 0.758. The molecule has 1 aliphatic carbocycles. The lowest BCUT2D eigenvalue weighted by Gasteiger charge is -2.69. The maximum atomic E-state index is 16.1. The van der Waals surface area contributed by atoms with Crippen LogP contribution in [0.4, 0.5) is 9.18 Å². The van der Waals surface area contributed by atoms with Crippen LogP contribution < -0.4 is 11.1 Å². The summed E-state index contributed by atoms with van der Waals surface area (Å²) in [4.78, 5) is 12.0. The molecule has 0 saturated heterocycles. The number of amides is 2. The van der Waals surface area contributed by atoms with Crippen LogP contribution in [0, 0.1) is 11.3 Å². The second-order valence-corrected chi connectivity index (χ2v) is 9.26. The van der Waals surface area contributed by atoms with Crippen LogP contribution in [0.1, 0.15) is 31.9 Å². The first-order valence-corrected chi connectivity index (χ1v) is 10.3. The summed E-state index contributed by atoms with van der Waals surface area (Å²) in [5.74, 6) is -0.381. The lowest BCUT2D eigenvalue weighted by molar-refractivity contribution is -0.154. The van der Waals surface area contributed by atoms with E-state index >= 15 is 4.39 Å². The minimum atomic E-state index is -1.31. The summed E-state index contributed by atoms with van der Waals surface area (Å²) >= 11 is 0. The van der Waals surface area contributed by atoms with Gasteiger partial charge in [0.25, 0.3) is 0 Å². The molecule has 0 aliphatic heterocycles. The molecule has 28 heavy (non-hydrogen) atoms. The van der Waals surface area contributed by atoms with Crippen molar-refractivity contribution in [2.45, 2.75) is 37.9 Å². The number of carbonyl (C=O) groups excluding carboxylic acids is 1. The number of primary amides is 1. The van der Waals surface area contributed by atoms with Crippen LogP contribution in [0.3, 0.4) is 0 Å². The Bertz CT molecular complexity index is 786. The molecule has 3 rings (SSSR count). The van der Waals surface area contributed by atoms with E-state index in [-0.39, 0.29) is 17.9 Å². The molecular weight excluding hydrogens is 371 g/mol. The van der Waals surface area contributed by atoms with Gasteiger partial charge < -0.3 is 15.5 Å². The van der Waals surface area contributed by atoms with Gasteiger partial charge in [0, 0.05) is 5.92 Å². The predicted molar refractivity (Wildman–Crippen MR) is 113 cm³/mol. The first kappa shape index (κ1) is 20.5. The molecule has 1 fully saturated rings. The molecule has 0 aromatic heterocycles. The Morgan fingerprint density at radius 2 is 1.57 bits per heavy atom. The van der Waals surface area contributed by atoms with E-state index in [1.165, 1.54) is 0 Å². The average molecular weight is 401 g/mol. The molecule has 2 amide bonds. The highest BCUT2D eigenvalue weighted by Crippen LogP contribution is 2.66. The van der Waals surface area contributed by atoms with Gasteiger partial charge in [-0.1, -0.05) is 81.4 Å². The first-order valence-electron chi connectivity index (χ1n) is 9.53. The van der Waals surface area contributed by atoms with Crippen molar-refractivity contribution in [1.29, 1.82) is 0 Å². The molecule has 1 saturated carbocycles. The van der Waals surface area contributed by atoms with E-state index in [4.69, 9.17) is 10.2 Å². The Balaban J connectivity index is 2.40.